The molecular formula is C16H17N5O2. The van der Waals surface area contributed by atoms with Crippen LogP contribution in [-0.2, 0) is 13.0 Å². The second-order valence-corrected chi connectivity index (χ2v) is 5.30. The molecule has 2 heterocycles. The summed E-state index contributed by atoms with van der Waals surface area (Å²) in [7, 11) is 0. The van der Waals surface area contributed by atoms with Gasteiger partial charge in [-0.15, -0.1) is 0 Å². The van der Waals surface area contributed by atoms with Gasteiger partial charge in [0.25, 0.3) is 5.56 Å². The third kappa shape index (κ3) is 3.19. The molecule has 7 nitrogen and oxygen atoms in total. The van der Waals surface area contributed by atoms with Gasteiger partial charge < -0.3 is 15.2 Å². The van der Waals surface area contributed by atoms with Gasteiger partial charge in [-0.3, -0.25) is 4.79 Å². The second-order valence-electron chi connectivity index (χ2n) is 5.30. The van der Waals surface area contributed by atoms with Crippen molar-refractivity contribution in [3.63, 3.8) is 0 Å². The lowest BCUT2D eigenvalue weighted by Crippen LogP contribution is -2.18. The second kappa shape index (κ2) is 6.13. The lowest BCUT2D eigenvalue weighted by Gasteiger charge is -2.01. The number of aromatic amines is 1. The fourth-order valence-electron chi connectivity index (χ4n) is 2.34. The van der Waals surface area contributed by atoms with Crippen LogP contribution in [0.5, 0.6) is 0 Å². The Balaban J connectivity index is 1.86. The lowest BCUT2D eigenvalue weighted by molar-refractivity contribution is 0.385. The van der Waals surface area contributed by atoms with Crippen molar-refractivity contribution in [3.8, 4) is 11.4 Å². The van der Waals surface area contributed by atoms with Gasteiger partial charge in [0.15, 0.2) is 0 Å². The van der Waals surface area contributed by atoms with Crippen molar-refractivity contribution in [3.05, 3.63) is 63.2 Å². The van der Waals surface area contributed by atoms with Crippen LogP contribution in [0.3, 0.4) is 0 Å². The van der Waals surface area contributed by atoms with Crippen molar-refractivity contribution in [1.29, 1.82) is 0 Å². The van der Waals surface area contributed by atoms with Crippen LogP contribution in [0.25, 0.3) is 11.4 Å². The molecule has 0 aliphatic carbocycles. The maximum Gasteiger partial charge on any atom is 0.254 e. The maximum atomic E-state index is 12.0. The largest absolute Gasteiger partial charge is 0.339 e. The summed E-state index contributed by atoms with van der Waals surface area (Å²) >= 11 is 0. The van der Waals surface area contributed by atoms with E-state index in [9.17, 15) is 4.79 Å². The molecule has 0 saturated carbocycles. The maximum absolute atomic E-state index is 12.0. The first-order chi connectivity index (χ1) is 11.1. The van der Waals surface area contributed by atoms with Crippen molar-refractivity contribution >= 4 is 0 Å². The number of hydrogen-bond acceptors (Lipinski definition) is 6. The summed E-state index contributed by atoms with van der Waals surface area (Å²) in [5.41, 5.74) is 8.47. The van der Waals surface area contributed by atoms with Gasteiger partial charge in [0, 0.05) is 23.4 Å². The van der Waals surface area contributed by atoms with Crippen LogP contribution in [0, 0.1) is 13.8 Å². The number of aryl methyl sites for hydroxylation is 2. The van der Waals surface area contributed by atoms with Crippen molar-refractivity contribution in [2.45, 2.75) is 26.8 Å². The topological polar surface area (TPSA) is 111 Å². The molecule has 0 atom stereocenters. The number of nitrogens with one attached hydrogen (secondary N) is 1. The van der Waals surface area contributed by atoms with E-state index in [1.807, 2.05) is 24.3 Å². The smallest absolute Gasteiger partial charge is 0.254 e. The molecule has 0 fully saturated rings. The van der Waals surface area contributed by atoms with Gasteiger partial charge in [-0.1, -0.05) is 29.4 Å². The minimum absolute atomic E-state index is 0.179. The van der Waals surface area contributed by atoms with E-state index in [0.717, 1.165) is 11.1 Å². The van der Waals surface area contributed by atoms with Gasteiger partial charge >= 0.3 is 0 Å². The molecule has 0 saturated heterocycles. The van der Waals surface area contributed by atoms with Gasteiger partial charge in [0.1, 0.15) is 5.82 Å². The Labute approximate surface area is 132 Å². The van der Waals surface area contributed by atoms with E-state index in [1.165, 1.54) is 0 Å². The van der Waals surface area contributed by atoms with Crippen molar-refractivity contribution in [1.82, 2.24) is 20.1 Å². The van der Waals surface area contributed by atoms with Crippen LogP contribution in [0.15, 0.2) is 33.6 Å². The highest BCUT2D eigenvalue weighted by molar-refractivity contribution is 5.54. The molecule has 3 rings (SSSR count). The van der Waals surface area contributed by atoms with E-state index < -0.39 is 0 Å². The quantitative estimate of drug-likeness (QED) is 0.755. The number of H-pyrrole nitrogens is 1. The molecule has 3 N–H and O–H groups in total. The fraction of sp³-hybridized carbons (Fsp3) is 0.250. The summed E-state index contributed by atoms with van der Waals surface area (Å²) in [5.74, 6) is 1.45. The van der Waals surface area contributed by atoms with Crippen molar-refractivity contribution in [2.75, 3.05) is 0 Å². The Morgan fingerprint density at radius 2 is 1.91 bits per heavy atom. The molecule has 0 bridgehead atoms. The van der Waals surface area contributed by atoms with E-state index in [-0.39, 0.29) is 12.0 Å². The summed E-state index contributed by atoms with van der Waals surface area (Å²) in [5, 5.41) is 3.96. The Morgan fingerprint density at radius 1 is 1.17 bits per heavy atom. The number of aromatic nitrogens is 4. The zero-order chi connectivity index (χ0) is 16.4. The highest BCUT2D eigenvalue weighted by Gasteiger charge is 2.14. The first kappa shape index (κ1) is 15.1. The average molecular weight is 311 g/mol. The van der Waals surface area contributed by atoms with E-state index >= 15 is 0 Å². The summed E-state index contributed by atoms with van der Waals surface area (Å²) in [6.07, 6.45) is 0.252. The van der Waals surface area contributed by atoms with Crippen LogP contribution in [-0.4, -0.2) is 20.1 Å². The Hall–Kier alpha value is -2.80. The van der Waals surface area contributed by atoms with Gasteiger partial charge in [-0.2, -0.15) is 4.98 Å². The standard InChI is InChI=1S/C16H17N5O2/c1-9-13(16(22)19-10(2)18-9)7-14-20-15(21-23-14)12-5-3-11(8-17)4-6-12/h3-6H,7-8,17H2,1-2H3,(H,18,19,22). The number of hydrogen-bond donors (Lipinski definition) is 2. The van der Waals surface area contributed by atoms with Crippen LogP contribution >= 0.6 is 0 Å². The molecular weight excluding hydrogens is 294 g/mol. The fourth-order valence-corrected chi connectivity index (χ4v) is 2.34. The SMILES string of the molecule is Cc1nc(C)c(Cc2nc(-c3ccc(CN)cc3)no2)c(=O)[nH]1. The van der Waals surface area contributed by atoms with Crippen LogP contribution in [0.4, 0.5) is 0 Å². The molecule has 2 aromatic heterocycles. The molecule has 0 amide bonds. The van der Waals surface area contributed by atoms with Gasteiger partial charge in [0.2, 0.25) is 11.7 Å². The number of benzene rings is 1. The number of nitrogens with two attached hydrogens (primary N) is 1. The third-order valence-electron chi connectivity index (χ3n) is 3.58. The molecule has 23 heavy (non-hydrogen) atoms. The zero-order valence-electron chi connectivity index (χ0n) is 13.0. The number of nitrogens with zero attached hydrogens (tertiary/aromatic N) is 3. The highest BCUT2D eigenvalue weighted by atomic mass is 16.5. The molecule has 7 heteroatoms. The van der Waals surface area contributed by atoms with E-state index in [1.54, 1.807) is 13.8 Å². The Morgan fingerprint density at radius 3 is 2.57 bits per heavy atom. The molecule has 0 aliphatic heterocycles. The molecule has 3 aromatic rings. The summed E-state index contributed by atoms with van der Waals surface area (Å²) < 4.78 is 5.25. The van der Waals surface area contributed by atoms with Gasteiger partial charge in [0.05, 0.1) is 6.42 Å². The minimum atomic E-state index is -0.179. The zero-order valence-corrected chi connectivity index (χ0v) is 13.0. The number of rotatable bonds is 4. The van der Waals surface area contributed by atoms with Crippen molar-refractivity contribution in [2.24, 2.45) is 5.73 Å². The molecule has 0 spiro atoms. The predicted molar refractivity (Wildman–Crippen MR) is 84.8 cm³/mol. The Kier molecular flexibility index (Phi) is 4.03. The van der Waals surface area contributed by atoms with Crippen LogP contribution in [0.1, 0.15) is 28.5 Å². The van der Waals surface area contributed by atoms with Crippen LogP contribution in [0.2, 0.25) is 0 Å². The third-order valence-corrected chi connectivity index (χ3v) is 3.58. The first-order valence-corrected chi connectivity index (χ1v) is 7.25. The first-order valence-electron chi connectivity index (χ1n) is 7.25. The lowest BCUT2D eigenvalue weighted by atomic mass is 10.1. The van der Waals surface area contributed by atoms with Crippen LogP contribution < -0.4 is 11.3 Å². The summed E-state index contributed by atoms with van der Waals surface area (Å²) in [4.78, 5) is 23.3. The molecule has 118 valence electrons. The molecule has 0 aliphatic rings. The summed E-state index contributed by atoms with van der Waals surface area (Å²) in [6.45, 7) is 4.02. The Bertz CT molecular complexity index is 880. The average Bonchev–Trinajstić information content (AvgIpc) is 2.99. The van der Waals surface area contributed by atoms with Crippen molar-refractivity contribution < 1.29 is 4.52 Å². The summed E-state index contributed by atoms with van der Waals surface area (Å²) in [6, 6.07) is 7.62. The van der Waals surface area contributed by atoms with E-state index in [2.05, 4.69) is 20.1 Å². The van der Waals surface area contributed by atoms with Gasteiger partial charge in [-0.05, 0) is 19.4 Å². The molecule has 0 unspecified atom stereocenters. The normalized spacial score (nSPS) is 10.9. The minimum Gasteiger partial charge on any atom is -0.339 e. The van der Waals surface area contributed by atoms with Gasteiger partial charge in [-0.25, -0.2) is 4.98 Å². The highest BCUT2D eigenvalue weighted by Crippen LogP contribution is 2.17. The van der Waals surface area contributed by atoms with E-state index in [4.69, 9.17) is 10.3 Å². The predicted octanol–water partition coefficient (Wildman–Crippen LogP) is 1.49. The molecule has 1 aromatic carbocycles. The monoisotopic (exact) mass is 311 g/mol. The molecule has 0 radical (unpaired) electrons. The van der Waals surface area contributed by atoms with E-state index in [0.29, 0.717) is 35.3 Å².